The van der Waals surface area contributed by atoms with Crippen LogP contribution in [-0.4, -0.2) is 28.5 Å². The molecule has 1 heterocycles. The fourth-order valence-electron chi connectivity index (χ4n) is 2.37. The highest BCUT2D eigenvalue weighted by atomic mass is 32.2. The number of halogens is 3. The number of hydrogen-bond donors (Lipinski definition) is 1. The predicted molar refractivity (Wildman–Crippen MR) is 96.9 cm³/mol. The minimum absolute atomic E-state index is 0.109. The lowest BCUT2D eigenvalue weighted by Crippen LogP contribution is -2.26. The summed E-state index contributed by atoms with van der Waals surface area (Å²) in [6.07, 6.45) is -3.00. The number of amides is 1. The van der Waals surface area contributed by atoms with E-state index in [1.165, 1.54) is 30.0 Å². The summed E-state index contributed by atoms with van der Waals surface area (Å²) < 4.78 is 41.5. The van der Waals surface area contributed by atoms with E-state index < -0.39 is 12.3 Å². The van der Waals surface area contributed by atoms with E-state index >= 15 is 0 Å². The zero-order valence-corrected chi connectivity index (χ0v) is 16.2. The number of carbonyl (C=O) groups is 1. The maximum Gasteiger partial charge on any atom is 0.573 e. The number of para-hydroxylation sites is 1. The van der Waals surface area contributed by atoms with Crippen molar-refractivity contribution in [1.82, 2.24) is 15.3 Å². The van der Waals surface area contributed by atoms with E-state index in [9.17, 15) is 18.0 Å². The number of aromatic nitrogens is 2. The Labute approximate surface area is 159 Å². The highest BCUT2D eigenvalue weighted by Gasteiger charge is 2.32. The lowest BCUT2D eigenvalue weighted by molar-refractivity contribution is -0.274. The third kappa shape index (κ3) is 5.59. The average Bonchev–Trinajstić information content (AvgIpc) is 2.58. The van der Waals surface area contributed by atoms with Crippen LogP contribution >= 0.6 is 11.8 Å². The highest BCUT2D eigenvalue weighted by molar-refractivity contribution is 7.98. The van der Waals surface area contributed by atoms with E-state index in [-0.39, 0.29) is 23.8 Å². The number of rotatable bonds is 6. The van der Waals surface area contributed by atoms with Crippen molar-refractivity contribution < 1.29 is 22.7 Å². The second kappa shape index (κ2) is 8.60. The van der Waals surface area contributed by atoms with Crippen LogP contribution in [0, 0.1) is 6.92 Å². The van der Waals surface area contributed by atoms with Gasteiger partial charge in [0.05, 0.1) is 11.3 Å². The zero-order chi connectivity index (χ0) is 20.2. The molecule has 1 amide bonds. The molecule has 9 heteroatoms. The summed E-state index contributed by atoms with van der Waals surface area (Å²) in [7, 11) is 0. The maximum absolute atomic E-state index is 12.6. The van der Waals surface area contributed by atoms with Gasteiger partial charge in [-0.05, 0) is 19.2 Å². The van der Waals surface area contributed by atoms with Gasteiger partial charge in [-0.25, -0.2) is 9.97 Å². The average molecular weight is 399 g/mol. The first-order valence-electron chi connectivity index (χ1n) is 8.16. The number of carbonyl (C=O) groups excluding carboxylic acids is 1. The molecule has 0 fully saturated rings. The summed E-state index contributed by atoms with van der Waals surface area (Å²) in [6.45, 7) is 5.50. The van der Waals surface area contributed by atoms with E-state index in [0.717, 1.165) is 0 Å². The first-order chi connectivity index (χ1) is 12.6. The molecule has 0 aliphatic carbocycles. The van der Waals surface area contributed by atoms with Gasteiger partial charge in [0.2, 0.25) is 0 Å². The molecule has 0 saturated heterocycles. The third-order valence-electron chi connectivity index (χ3n) is 3.65. The summed E-state index contributed by atoms with van der Waals surface area (Å²) in [5.41, 5.74) is 1.06. The Balaban J connectivity index is 2.22. The Bertz CT molecular complexity index is 826. The zero-order valence-electron chi connectivity index (χ0n) is 15.3. The van der Waals surface area contributed by atoms with Crippen LogP contribution in [-0.2, 0) is 6.54 Å². The normalized spacial score (nSPS) is 11.6. The molecular weight excluding hydrogens is 379 g/mol. The minimum atomic E-state index is -4.80. The maximum atomic E-state index is 12.6. The molecule has 0 aliphatic rings. The van der Waals surface area contributed by atoms with E-state index in [1.807, 2.05) is 13.8 Å². The van der Waals surface area contributed by atoms with Gasteiger partial charge in [-0.1, -0.05) is 32.0 Å². The Hall–Kier alpha value is -2.29. The molecule has 0 bridgehead atoms. The van der Waals surface area contributed by atoms with Gasteiger partial charge in [-0.15, -0.1) is 24.9 Å². The molecule has 0 spiro atoms. The minimum Gasteiger partial charge on any atom is -0.405 e. The summed E-state index contributed by atoms with van der Waals surface area (Å²) in [5, 5.41) is 3.16. The Morgan fingerprint density at radius 2 is 1.93 bits per heavy atom. The second-order valence-electron chi connectivity index (χ2n) is 6.04. The molecule has 1 aromatic heterocycles. The van der Waals surface area contributed by atoms with Crippen molar-refractivity contribution in [3.63, 3.8) is 0 Å². The summed E-state index contributed by atoms with van der Waals surface area (Å²) in [4.78, 5) is 21.4. The molecule has 1 aromatic carbocycles. The van der Waals surface area contributed by atoms with Crippen molar-refractivity contribution in [2.45, 2.75) is 44.6 Å². The van der Waals surface area contributed by atoms with Crippen molar-refractivity contribution in [1.29, 1.82) is 0 Å². The van der Waals surface area contributed by atoms with Crippen LogP contribution in [0.4, 0.5) is 13.2 Å². The Morgan fingerprint density at radius 1 is 1.26 bits per heavy atom. The molecule has 2 rings (SSSR count). The van der Waals surface area contributed by atoms with Crippen LogP contribution in [0.1, 0.15) is 47.2 Å². The molecule has 0 atom stereocenters. The van der Waals surface area contributed by atoms with Gasteiger partial charge in [0, 0.05) is 18.0 Å². The van der Waals surface area contributed by atoms with Gasteiger partial charge in [-0.3, -0.25) is 4.79 Å². The highest BCUT2D eigenvalue weighted by Crippen LogP contribution is 2.27. The van der Waals surface area contributed by atoms with Crippen molar-refractivity contribution in [3.05, 3.63) is 46.9 Å². The predicted octanol–water partition coefficient (Wildman–Crippen LogP) is 4.46. The van der Waals surface area contributed by atoms with E-state index in [1.54, 1.807) is 19.2 Å². The molecule has 0 radical (unpaired) electrons. The van der Waals surface area contributed by atoms with Crippen molar-refractivity contribution in [2.75, 3.05) is 6.26 Å². The third-order valence-corrected chi connectivity index (χ3v) is 4.33. The molecule has 5 nitrogen and oxygen atoms in total. The van der Waals surface area contributed by atoms with Gasteiger partial charge in [-0.2, -0.15) is 0 Å². The Morgan fingerprint density at radius 3 is 2.52 bits per heavy atom. The molecule has 1 N–H and O–H groups in total. The standard InChI is InChI=1S/C18H20F3N3O2S/c1-10(2)15-23-11(3)14(17(24-15)27-4)16(25)22-9-12-7-5-6-8-13(12)26-18(19,20)21/h5-8,10H,9H2,1-4H3,(H,22,25). The first kappa shape index (κ1) is 21.0. The number of benzene rings is 1. The molecule has 27 heavy (non-hydrogen) atoms. The van der Waals surface area contributed by atoms with Crippen LogP contribution in [0.5, 0.6) is 5.75 Å². The van der Waals surface area contributed by atoms with Crippen LogP contribution in [0.2, 0.25) is 0 Å². The monoisotopic (exact) mass is 399 g/mol. The number of alkyl halides is 3. The smallest absolute Gasteiger partial charge is 0.405 e. The van der Waals surface area contributed by atoms with E-state index in [2.05, 4.69) is 20.0 Å². The Kier molecular flexibility index (Phi) is 6.69. The molecule has 0 aliphatic heterocycles. The molecule has 0 unspecified atom stereocenters. The topological polar surface area (TPSA) is 64.1 Å². The quantitative estimate of drug-likeness (QED) is 0.574. The number of thioether (sulfide) groups is 1. The van der Waals surface area contributed by atoms with Crippen LogP contribution in [0.25, 0.3) is 0 Å². The van der Waals surface area contributed by atoms with Gasteiger partial charge >= 0.3 is 6.36 Å². The molecule has 146 valence electrons. The summed E-state index contributed by atoms with van der Waals surface area (Å²) >= 11 is 1.32. The van der Waals surface area contributed by atoms with Gasteiger partial charge in [0.25, 0.3) is 5.91 Å². The largest absolute Gasteiger partial charge is 0.573 e. The summed E-state index contributed by atoms with van der Waals surface area (Å²) in [6, 6.07) is 5.67. The van der Waals surface area contributed by atoms with Crippen molar-refractivity contribution >= 4 is 17.7 Å². The van der Waals surface area contributed by atoms with Crippen LogP contribution in [0.3, 0.4) is 0 Å². The fourth-order valence-corrected chi connectivity index (χ4v) is 3.00. The molecular formula is C18H20F3N3O2S. The van der Waals surface area contributed by atoms with Crippen LogP contribution in [0.15, 0.2) is 29.3 Å². The van der Waals surface area contributed by atoms with Crippen molar-refractivity contribution in [3.8, 4) is 5.75 Å². The number of nitrogens with zero attached hydrogens (tertiary/aromatic N) is 2. The van der Waals surface area contributed by atoms with E-state index in [0.29, 0.717) is 22.1 Å². The lowest BCUT2D eigenvalue weighted by atomic mass is 10.1. The van der Waals surface area contributed by atoms with Gasteiger partial charge < -0.3 is 10.1 Å². The van der Waals surface area contributed by atoms with Crippen molar-refractivity contribution in [2.24, 2.45) is 0 Å². The number of hydrogen-bond acceptors (Lipinski definition) is 5. The fraction of sp³-hybridized carbons (Fsp3) is 0.389. The van der Waals surface area contributed by atoms with Gasteiger partial charge in [0.1, 0.15) is 16.6 Å². The lowest BCUT2D eigenvalue weighted by Gasteiger charge is -2.15. The second-order valence-corrected chi connectivity index (χ2v) is 6.84. The summed E-state index contributed by atoms with van der Waals surface area (Å²) in [5.74, 6) is -0.0529. The first-order valence-corrected chi connectivity index (χ1v) is 9.39. The molecule has 2 aromatic rings. The number of nitrogens with one attached hydrogen (secondary N) is 1. The van der Waals surface area contributed by atoms with Crippen LogP contribution < -0.4 is 10.1 Å². The van der Waals surface area contributed by atoms with E-state index in [4.69, 9.17) is 0 Å². The molecule has 0 saturated carbocycles. The SMILES string of the molecule is CSc1nc(C(C)C)nc(C)c1C(=O)NCc1ccccc1OC(F)(F)F. The van der Waals surface area contributed by atoms with Gasteiger partial charge in [0.15, 0.2) is 0 Å². The number of ether oxygens (including phenoxy) is 1. The number of aryl methyl sites for hydroxylation is 1.